The second-order valence-corrected chi connectivity index (χ2v) is 8.63. The summed E-state index contributed by atoms with van der Waals surface area (Å²) in [4.78, 5) is 47.0. The van der Waals surface area contributed by atoms with Gasteiger partial charge >= 0.3 is 11.7 Å². The maximum Gasteiger partial charge on any atom is 0.332 e. The summed E-state index contributed by atoms with van der Waals surface area (Å²) in [6, 6.07) is 19.0. The number of piperazine rings is 1. The van der Waals surface area contributed by atoms with Crippen molar-refractivity contribution in [2.45, 2.75) is 6.54 Å². The molecule has 1 aliphatic rings. The van der Waals surface area contributed by atoms with Crippen molar-refractivity contribution in [2.75, 3.05) is 36.4 Å². The predicted molar refractivity (Wildman–Crippen MR) is 135 cm³/mol. The van der Waals surface area contributed by atoms with E-state index in [-0.39, 0.29) is 11.6 Å². The largest absolute Gasteiger partial charge is 0.339 e. The number of carbonyl (C=O) groups is 1. The summed E-state index contributed by atoms with van der Waals surface area (Å²) < 4.78 is 4.40. The van der Waals surface area contributed by atoms with E-state index in [0.29, 0.717) is 49.8 Å². The van der Waals surface area contributed by atoms with Gasteiger partial charge in [-0.1, -0.05) is 48.5 Å². The van der Waals surface area contributed by atoms with Crippen molar-refractivity contribution in [2.24, 2.45) is 14.1 Å². The van der Waals surface area contributed by atoms with Crippen molar-refractivity contribution in [3.8, 4) is 0 Å². The normalized spacial score (nSPS) is 13.9. The van der Waals surface area contributed by atoms with Gasteiger partial charge in [0.1, 0.15) is 0 Å². The van der Waals surface area contributed by atoms with Crippen LogP contribution >= 0.6 is 0 Å². The van der Waals surface area contributed by atoms with Gasteiger partial charge in [-0.3, -0.25) is 18.5 Å². The number of hydrogen-bond acceptors (Lipinski definition) is 5. The molecule has 1 N–H and O–H groups in total. The number of imidazole rings is 1. The molecule has 10 heteroatoms. The van der Waals surface area contributed by atoms with Crippen molar-refractivity contribution in [3.05, 3.63) is 87.1 Å². The average Bonchev–Trinajstić information content (AvgIpc) is 3.26. The Morgan fingerprint density at radius 1 is 0.886 bits per heavy atom. The lowest BCUT2D eigenvalue weighted by Gasteiger charge is -2.35. The monoisotopic (exact) mass is 473 g/mol. The first-order valence-electron chi connectivity index (χ1n) is 11.5. The third-order valence-electron chi connectivity index (χ3n) is 6.39. The number of nitrogens with one attached hydrogen (secondary N) is 1. The van der Waals surface area contributed by atoms with E-state index in [9.17, 15) is 14.4 Å². The van der Waals surface area contributed by atoms with Gasteiger partial charge in [0.15, 0.2) is 11.2 Å². The number of hydrogen-bond donors (Lipinski definition) is 1. The molecule has 1 aliphatic heterocycles. The fourth-order valence-corrected chi connectivity index (χ4v) is 4.43. The Bertz CT molecular complexity index is 1480. The Morgan fingerprint density at radius 2 is 1.51 bits per heavy atom. The molecule has 2 amide bonds. The molecule has 0 spiro atoms. The zero-order valence-electron chi connectivity index (χ0n) is 19.7. The lowest BCUT2D eigenvalue weighted by molar-refractivity contribution is 0.208. The van der Waals surface area contributed by atoms with Crippen molar-refractivity contribution in [1.82, 2.24) is 23.6 Å². The van der Waals surface area contributed by atoms with E-state index < -0.39 is 5.69 Å². The summed E-state index contributed by atoms with van der Waals surface area (Å²) in [5.74, 6) is 0.616. The molecule has 0 bridgehead atoms. The van der Waals surface area contributed by atoms with Crippen molar-refractivity contribution >= 4 is 28.8 Å². The summed E-state index contributed by atoms with van der Waals surface area (Å²) in [6.07, 6.45) is 0. The summed E-state index contributed by atoms with van der Waals surface area (Å²) in [7, 11) is 3.10. The first-order valence-corrected chi connectivity index (χ1v) is 11.5. The molecule has 2 aromatic carbocycles. The fourth-order valence-electron chi connectivity index (χ4n) is 4.43. The standard InChI is InChI=1S/C25H27N7O3/c1-28-21-20(22(33)29(2)25(28)35)32(17-18-9-5-3-6-10-18)23(27-21)30-13-15-31(16-14-30)24(34)26-19-11-7-4-8-12-19/h3-12H,13-17H2,1-2H3,(H,26,34). The van der Waals surface area contributed by atoms with Gasteiger partial charge in [0.2, 0.25) is 5.95 Å². The van der Waals surface area contributed by atoms with Gasteiger partial charge in [0.05, 0.1) is 6.54 Å². The molecule has 3 heterocycles. The molecule has 0 radical (unpaired) electrons. The zero-order valence-corrected chi connectivity index (χ0v) is 19.7. The van der Waals surface area contributed by atoms with Crippen LogP contribution in [0, 0.1) is 0 Å². The topological polar surface area (TPSA) is 97.4 Å². The highest BCUT2D eigenvalue weighted by Gasteiger charge is 2.27. The van der Waals surface area contributed by atoms with Crippen LogP contribution in [-0.4, -0.2) is 55.8 Å². The summed E-state index contributed by atoms with van der Waals surface area (Å²) in [5.41, 5.74) is 1.72. The minimum absolute atomic E-state index is 0.148. The highest BCUT2D eigenvalue weighted by atomic mass is 16.2. The minimum atomic E-state index is -0.416. The first-order chi connectivity index (χ1) is 16.9. The molecule has 35 heavy (non-hydrogen) atoms. The number of urea groups is 1. The number of rotatable bonds is 4. The third kappa shape index (κ3) is 4.18. The molecule has 5 rings (SSSR count). The van der Waals surface area contributed by atoms with Crippen LogP contribution in [0.15, 0.2) is 70.3 Å². The summed E-state index contributed by atoms with van der Waals surface area (Å²) in [6.45, 7) is 2.55. The van der Waals surface area contributed by atoms with Gasteiger partial charge in [0, 0.05) is 46.0 Å². The van der Waals surface area contributed by atoms with E-state index >= 15 is 0 Å². The highest BCUT2D eigenvalue weighted by molar-refractivity contribution is 5.89. The number of para-hydroxylation sites is 1. The number of amides is 2. The fraction of sp³-hybridized carbons (Fsp3) is 0.280. The molecule has 0 unspecified atom stereocenters. The number of benzene rings is 2. The Morgan fingerprint density at radius 3 is 2.17 bits per heavy atom. The smallest absolute Gasteiger partial charge is 0.332 e. The van der Waals surface area contributed by atoms with E-state index in [0.717, 1.165) is 15.8 Å². The summed E-state index contributed by atoms with van der Waals surface area (Å²) in [5, 5.41) is 2.92. The molecule has 0 saturated carbocycles. The quantitative estimate of drug-likeness (QED) is 0.488. The second kappa shape index (κ2) is 9.13. The zero-order chi connectivity index (χ0) is 24.5. The first kappa shape index (κ1) is 22.5. The number of aromatic nitrogens is 4. The van der Waals surface area contributed by atoms with Gasteiger partial charge in [-0.15, -0.1) is 0 Å². The molecule has 0 aliphatic carbocycles. The molecule has 180 valence electrons. The highest BCUT2D eigenvalue weighted by Crippen LogP contribution is 2.23. The van der Waals surface area contributed by atoms with Gasteiger partial charge in [-0.05, 0) is 17.7 Å². The van der Waals surface area contributed by atoms with Gasteiger partial charge in [-0.25, -0.2) is 9.59 Å². The van der Waals surface area contributed by atoms with Gasteiger partial charge in [0.25, 0.3) is 5.56 Å². The maximum atomic E-state index is 13.1. The predicted octanol–water partition coefficient (Wildman–Crippen LogP) is 1.84. The van der Waals surface area contributed by atoms with Crippen molar-refractivity contribution in [3.63, 3.8) is 0 Å². The van der Waals surface area contributed by atoms with Crippen LogP contribution in [0.4, 0.5) is 16.4 Å². The molecule has 1 saturated heterocycles. The Kier molecular flexibility index (Phi) is 5.86. The van der Waals surface area contributed by atoms with Crippen LogP contribution in [-0.2, 0) is 20.6 Å². The van der Waals surface area contributed by atoms with E-state index in [4.69, 9.17) is 4.98 Å². The molecular weight excluding hydrogens is 446 g/mol. The number of carbonyl (C=O) groups excluding carboxylic acids is 1. The van der Waals surface area contributed by atoms with E-state index in [1.54, 1.807) is 11.9 Å². The third-order valence-corrected chi connectivity index (χ3v) is 6.39. The minimum Gasteiger partial charge on any atom is -0.339 e. The lowest BCUT2D eigenvalue weighted by Crippen LogP contribution is -2.50. The Labute approximate surface area is 201 Å². The van der Waals surface area contributed by atoms with Crippen LogP contribution in [0.5, 0.6) is 0 Å². The van der Waals surface area contributed by atoms with E-state index in [2.05, 4.69) is 10.2 Å². The van der Waals surface area contributed by atoms with Gasteiger partial charge in [-0.2, -0.15) is 4.98 Å². The number of aryl methyl sites for hydroxylation is 1. The number of anilines is 2. The molecule has 0 atom stereocenters. The maximum absolute atomic E-state index is 13.1. The Balaban J connectivity index is 1.46. The molecular formula is C25H27N7O3. The molecule has 4 aromatic rings. The van der Waals surface area contributed by atoms with E-state index in [1.807, 2.05) is 65.2 Å². The SMILES string of the molecule is Cn1c(=O)c2c(nc(N3CCN(C(=O)Nc4ccccc4)CC3)n2Cc2ccccc2)n(C)c1=O. The van der Waals surface area contributed by atoms with Crippen LogP contribution < -0.4 is 21.5 Å². The van der Waals surface area contributed by atoms with Crippen LogP contribution in [0.1, 0.15) is 5.56 Å². The summed E-state index contributed by atoms with van der Waals surface area (Å²) >= 11 is 0. The number of fused-ring (bicyclic) bond motifs is 1. The molecule has 10 nitrogen and oxygen atoms in total. The molecule has 1 fully saturated rings. The van der Waals surface area contributed by atoms with Crippen LogP contribution in [0.2, 0.25) is 0 Å². The van der Waals surface area contributed by atoms with Crippen LogP contribution in [0.3, 0.4) is 0 Å². The second-order valence-electron chi connectivity index (χ2n) is 8.63. The number of nitrogens with zero attached hydrogens (tertiary/aromatic N) is 6. The van der Waals surface area contributed by atoms with Crippen molar-refractivity contribution in [1.29, 1.82) is 0 Å². The van der Waals surface area contributed by atoms with Crippen molar-refractivity contribution < 1.29 is 4.79 Å². The average molecular weight is 474 g/mol. The van der Waals surface area contributed by atoms with Gasteiger partial charge < -0.3 is 15.1 Å². The lowest BCUT2D eigenvalue weighted by atomic mass is 10.2. The molecule has 2 aromatic heterocycles. The van der Waals surface area contributed by atoms with Crippen LogP contribution in [0.25, 0.3) is 11.2 Å². The van der Waals surface area contributed by atoms with E-state index in [1.165, 1.54) is 11.6 Å². The Hall–Kier alpha value is -4.34.